The molecule has 1 heterocycles. The highest BCUT2D eigenvalue weighted by Crippen LogP contribution is 2.24. The van der Waals surface area contributed by atoms with Crippen molar-refractivity contribution in [1.29, 1.82) is 0 Å². The summed E-state index contributed by atoms with van der Waals surface area (Å²) in [7, 11) is 0. The van der Waals surface area contributed by atoms with Crippen LogP contribution in [0.5, 0.6) is 0 Å². The van der Waals surface area contributed by atoms with Crippen LogP contribution in [0.3, 0.4) is 0 Å². The summed E-state index contributed by atoms with van der Waals surface area (Å²) in [5.74, 6) is -1.78. The van der Waals surface area contributed by atoms with E-state index in [2.05, 4.69) is 5.32 Å². The fourth-order valence-corrected chi connectivity index (χ4v) is 1.94. The molecule has 0 saturated heterocycles. The van der Waals surface area contributed by atoms with Gasteiger partial charge in [-0.25, -0.2) is 4.79 Å². The Kier molecular flexibility index (Phi) is 4.73. The SMILES string of the molecule is O=C(NC(CCO)C(=O)O)c1occc1-c1ccccc1. The average Bonchev–Trinajstić information content (AvgIpc) is 2.97. The van der Waals surface area contributed by atoms with Gasteiger partial charge in [-0.15, -0.1) is 0 Å². The minimum atomic E-state index is -1.20. The van der Waals surface area contributed by atoms with Crippen molar-refractivity contribution in [3.05, 3.63) is 48.4 Å². The highest BCUT2D eigenvalue weighted by atomic mass is 16.4. The van der Waals surface area contributed by atoms with Crippen molar-refractivity contribution in [2.75, 3.05) is 6.61 Å². The highest BCUT2D eigenvalue weighted by Gasteiger charge is 2.23. The number of hydrogen-bond acceptors (Lipinski definition) is 4. The first-order valence-electron chi connectivity index (χ1n) is 6.41. The van der Waals surface area contributed by atoms with Crippen LogP contribution >= 0.6 is 0 Å². The van der Waals surface area contributed by atoms with Crippen LogP contribution in [0.25, 0.3) is 11.1 Å². The summed E-state index contributed by atoms with van der Waals surface area (Å²) in [6, 6.07) is 9.65. The molecule has 0 aliphatic rings. The molecule has 2 aromatic rings. The number of benzene rings is 1. The molecule has 1 atom stereocenters. The van der Waals surface area contributed by atoms with Crippen LogP contribution in [0.15, 0.2) is 47.1 Å². The third kappa shape index (κ3) is 3.49. The monoisotopic (exact) mass is 289 g/mol. The van der Waals surface area contributed by atoms with Gasteiger partial charge in [0, 0.05) is 18.6 Å². The van der Waals surface area contributed by atoms with E-state index in [1.807, 2.05) is 30.3 Å². The number of carboxylic acids is 1. The van der Waals surface area contributed by atoms with Crippen molar-refractivity contribution >= 4 is 11.9 Å². The van der Waals surface area contributed by atoms with E-state index < -0.39 is 17.9 Å². The van der Waals surface area contributed by atoms with Crippen molar-refractivity contribution in [2.24, 2.45) is 0 Å². The van der Waals surface area contributed by atoms with Crippen LogP contribution in [0, 0.1) is 0 Å². The molecule has 0 spiro atoms. The van der Waals surface area contributed by atoms with Crippen molar-refractivity contribution < 1.29 is 24.2 Å². The number of hydrogen-bond donors (Lipinski definition) is 3. The molecule has 0 radical (unpaired) electrons. The predicted molar refractivity (Wildman–Crippen MR) is 74.7 cm³/mol. The molecule has 3 N–H and O–H groups in total. The second kappa shape index (κ2) is 6.71. The zero-order valence-electron chi connectivity index (χ0n) is 11.2. The second-order valence-corrected chi connectivity index (χ2v) is 4.41. The molecule has 21 heavy (non-hydrogen) atoms. The van der Waals surface area contributed by atoms with Gasteiger partial charge in [0.1, 0.15) is 6.04 Å². The van der Waals surface area contributed by atoms with Crippen LogP contribution < -0.4 is 5.32 Å². The molecule has 1 aromatic heterocycles. The van der Waals surface area contributed by atoms with E-state index in [0.29, 0.717) is 5.56 Å². The number of furan rings is 1. The lowest BCUT2D eigenvalue weighted by Crippen LogP contribution is -2.41. The maximum Gasteiger partial charge on any atom is 0.326 e. The molecular weight excluding hydrogens is 274 g/mol. The molecule has 6 nitrogen and oxygen atoms in total. The van der Waals surface area contributed by atoms with Gasteiger partial charge in [-0.2, -0.15) is 0 Å². The minimum Gasteiger partial charge on any atom is -0.480 e. The topological polar surface area (TPSA) is 99.8 Å². The minimum absolute atomic E-state index is 0.0467. The van der Waals surface area contributed by atoms with Crippen molar-refractivity contribution in [3.63, 3.8) is 0 Å². The first-order valence-corrected chi connectivity index (χ1v) is 6.41. The summed E-state index contributed by atoms with van der Waals surface area (Å²) >= 11 is 0. The summed E-state index contributed by atoms with van der Waals surface area (Å²) in [5, 5.41) is 20.1. The third-order valence-corrected chi connectivity index (χ3v) is 2.98. The molecule has 1 aromatic carbocycles. The Morgan fingerprint density at radius 2 is 1.90 bits per heavy atom. The number of carbonyl (C=O) groups excluding carboxylic acids is 1. The van der Waals surface area contributed by atoms with Crippen LogP contribution in [0.1, 0.15) is 17.0 Å². The maximum atomic E-state index is 12.1. The number of carboxylic acid groups (broad SMARTS) is 1. The van der Waals surface area contributed by atoms with E-state index in [1.165, 1.54) is 6.26 Å². The van der Waals surface area contributed by atoms with Crippen LogP contribution in [0.4, 0.5) is 0 Å². The zero-order chi connectivity index (χ0) is 15.2. The molecule has 110 valence electrons. The first-order chi connectivity index (χ1) is 10.1. The Morgan fingerprint density at radius 1 is 1.19 bits per heavy atom. The smallest absolute Gasteiger partial charge is 0.326 e. The predicted octanol–water partition coefficient (Wildman–Crippen LogP) is 1.51. The highest BCUT2D eigenvalue weighted by molar-refractivity contribution is 5.99. The fraction of sp³-hybridized carbons (Fsp3) is 0.200. The number of rotatable bonds is 6. The van der Waals surface area contributed by atoms with E-state index in [1.54, 1.807) is 6.07 Å². The lowest BCUT2D eigenvalue weighted by molar-refractivity contribution is -0.139. The van der Waals surface area contributed by atoms with Gasteiger partial charge in [0.15, 0.2) is 5.76 Å². The Hall–Kier alpha value is -2.60. The Labute approximate surface area is 121 Å². The van der Waals surface area contributed by atoms with Gasteiger partial charge in [0.2, 0.25) is 0 Å². The Morgan fingerprint density at radius 3 is 2.52 bits per heavy atom. The fourth-order valence-electron chi connectivity index (χ4n) is 1.94. The summed E-state index contributed by atoms with van der Waals surface area (Å²) in [4.78, 5) is 23.1. The summed E-state index contributed by atoms with van der Waals surface area (Å²) in [6.45, 7) is -0.332. The number of amides is 1. The van der Waals surface area contributed by atoms with E-state index in [0.717, 1.165) is 5.56 Å². The normalized spacial score (nSPS) is 11.9. The standard InChI is InChI=1S/C15H15NO5/c17-8-6-12(15(19)20)16-14(18)13-11(7-9-21-13)10-4-2-1-3-5-10/h1-5,7,9,12,17H,6,8H2,(H,16,18)(H,19,20). The van der Waals surface area contributed by atoms with Crippen molar-refractivity contribution in [1.82, 2.24) is 5.32 Å². The van der Waals surface area contributed by atoms with Gasteiger partial charge in [-0.05, 0) is 11.6 Å². The van der Waals surface area contributed by atoms with Gasteiger partial charge in [-0.3, -0.25) is 4.79 Å². The van der Waals surface area contributed by atoms with Gasteiger partial charge in [-0.1, -0.05) is 30.3 Å². The quantitative estimate of drug-likeness (QED) is 0.748. The molecule has 2 rings (SSSR count). The molecule has 1 amide bonds. The van der Waals surface area contributed by atoms with Crippen LogP contribution in [-0.2, 0) is 4.79 Å². The van der Waals surface area contributed by atoms with E-state index in [-0.39, 0.29) is 18.8 Å². The van der Waals surface area contributed by atoms with E-state index in [9.17, 15) is 9.59 Å². The maximum absolute atomic E-state index is 12.1. The van der Waals surface area contributed by atoms with Gasteiger partial charge in [0.25, 0.3) is 5.91 Å². The van der Waals surface area contributed by atoms with Gasteiger partial charge >= 0.3 is 5.97 Å². The lowest BCUT2D eigenvalue weighted by Gasteiger charge is -2.12. The molecular formula is C15H15NO5. The summed E-state index contributed by atoms with van der Waals surface area (Å²) < 4.78 is 5.17. The van der Waals surface area contributed by atoms with Crippen LogP contribution in [-0.4, -0.2) is 34.7 Å². The number of carbonyl (C=O) groups is 2. The Balaban J connectivity index is 2.21. The molecule has 0 bridgehead atoms. The molecule has 0 saturated carbocycles. The number of aliphatic carboxylic acids is 1. The zero-order valence-corrected chi connectivity index (χ0v) is 11.2. The second-order valence-electron chi connectivity index (χ2n) is 4.41. The number of aliphatic hydroxyl groups excluding tert-OH is 1. The molecule has 1 unspecified atom stereocenters. The summed E-state index contributed by atoms with van der Waals surface area (Å²) in [6.07, 6.45) is 1.31. The van der Waals surface area contributed by atoms with Gasteiger partial charge < -0.3 is 19.9 Å². The first kappa shape index (κ1) is 14.8. The van der Waals surface area contributed by atoms with E-state index in [4.69, 9.17) is 14.6 Å². The third-order valence-electron chi connectivity index (χ3n) is 2.98. The van der Waals surface area contributed by atoms with Crippen molar-refractivity contribution in [2.45, 2.75) is 12.5 Å². The number of nitrogens with one attached hydrogen (secondary N) is 1. The Bertz CT molecular complexity index is 620. The van der Waals surface area contributed by atoms with Gasteiger partial charge in [0.05, 0.1) is 6.26 Å². The molecule has 0 fully saturated rings. The van der Waals surface area contributed by atoms with Crippen molar-refractivity contribution in [3.8, 4) is 11.1 Å². The lowest BCUT2D eigenvalue weighted by atomic mass is 10.1. The van der Waals surface area contributed by atoms with Crippen LogP contribution in [0.2, 0.25) is 0 Å². The number of aliphatic hydroxyl groups is 1. The summed E-state index contributed by atoms with van der Waals surface area (Å²) in [5.41, 5.74) is 1.38. The average molecular weight is 289 g/mol. The molecule has 0 aliphatic carbocycles. The molecule has 0 aliphatic heterocycles. The largest absolute Gasteiger partial charge is 0.480 e. The van der Waals surface area contributed by atoms with E-state index >= 15 is 0 Å². The molecule has 6 heteroatoms.